The van der Waals surface area contributed by atoms with Crippen molar-refractivity contribution in [3.05, 3.63) is 53.6 Å². The number of para-hydroxylation sites is 1. The largest absolute Gasteiger partial charge is 0.496 e. The van der Waals surface area contributed by atoms with E-state index < -0.39 is 0 Å². The Bertz CT molecular complexity index is 572. The summed E-state index contributed by atoms with van der Waals surface area (Å²) in [5.41, 5.74) is 7.73. The Labute approximate surface area is 124 Å². The van der Waals surface area contributed by atoms with Crippen LogP contribution in [-0.2, 0) is 13.2 Å². The van der Waals surface area contributed by atoms with Crippen LogP contribution in [0.15, 0.2) is 47.4 Å². The summed E-state index contributed by atoms with van der Waals surface area (Å²) in [5.74, 6) is 1.72. The molecular formula is C16H19NO2S. The average Bonchev–Trinajstić information content (AvgIpc) is 2.52. The maximum absolute atomic E-state index is 5.88. The number of thioether (sulfide) groups is 1. The van der Waals surface area contributed by atoms with Crippen LogP contribution in [-0.4, -0.2) is 13.4 Å². The Balaban J connectivity index is 2.11. The van der Waals surface area contributed by atoms with Crippen molar-refractivity contribution in [2.45, 2.75) is 18.0 Å². The maximum Gasteiger partial charge on any atom is 0.133 e. The van der Waals surface area contributed by atoms with Crippen LogP contribution >= 0.6 is 11.8 Å². The molecule has 2 aromatic carbocycles. The standard InChI is InChI=1S/C16H19NO2S/c1-18-15-9-12(7-8-13(15)10-17)11-19-14-5-3-4-6-16(14)20-2/h3-9H,10-11,17H2,1-2H3. The van der Waals surface area contributed by atoms with Gasteiger partial charge in [0.2, 0.25) is 0 Å². The van der Waals surface area contributed by atoms with E-state index in [9.17, 15) is 0 Å². The summed E-state index contributed by atoms with van der Waals surface area (Å²) in [6, 6.07) is 14.0. The van der Waals surface area contributed by atoms with Crippen LogP contribution in [0.2, 0.25) is 0 Å². The molecule has 4 heteroatoms. The zero-order valence-electron chi connectivity index (χ0n) is 11.8. The van der Waals surface area contributed by atoms with E-state index >= 15 is 0 Å². The van der Waals surface area contributed by atoms with Crippen molar-refractivity contribution < 1.29 is 9.47 Å². The lowest BCUT2D eigenvalue weighted by Crippen LogP contribution is -2.02. The fourth-order valence-corrected chi connectivity index (χ4v) is 2.49. The predicted molar refractivity (Wildman–Crippen MR) is 83.4 cm³/mol. The lowest BCUT2D eigenvalue weighted by atomic mass is 10.1. The Morgan fingerprint density at radius 2 is 1.90 bits per heavy atom. The van der Waals surface area contributed by atoms with Crippen molar-refractivity contribution in [1.82, 2.24) is 0 Å². The third-order valence-corrected chi connectivity index (χ3v) is 3.81. The molecule has 0 unspecified atom stereocenters. The Kier molecular flexibility index (Phi) is 5.32. The zero-order chi connectivity index (χ0) is 14.4. The van der Waals surface area contributed by atoms with E-state index in [-0.39, 0.29) is 0 Å². The van der Waals surface area contributed by atoms with Crippen LogP contribution in [0.3, 0.4) is 0 Å². The molecule has 0 aliphatic carbocycles. The smallest absolute Gasteiger partial charge is 0.133 e. The minimum atomic E-state index is 0.472. The fourth-order valence-electron chi connectivity index (χ4n) is 1.95. The van der Waals surface area contributed by atoms with Crippen molar-refractivity contribution >= 4 is 11.8 Å². The van der Waals surface area contributed by atoms with Gasteiger partial charge in [-0.1, -0.05) is 24.3 Å². The summed E-state index contributed by atoms with van der Waals surface area (Å²) in [6.07, 6.45) is 2.04. The lowest BCUT2D eigenvalue weighted by Gasteiger charge is -2.12. The third kappa shape index (κ3) is 3.46. The number of nitrogens with two attached hydrogens (primary N) is 1. The van der Waals surface area contributed by atoms with Crippen molar-refractivity contribution in [3.63, 3.8) is 0 Å². The predicted octanol–water partition coefficient (Wildman–Crippen LogP) is 3.45. The fraction of sp³-hybridized carbons (Fsp3) is 0.250. The number of hydrogen-bond donors (Lipinski definition) is 1. The highest BCUT2D eigenvalue weighted by Gasteiger charge is 2.05. The molecule has 0 spiro atoms. The van der Waals surface area contributed by atoms with Gasteiger partial charge in [-0.15, -0.1) is 11.8 Å². The van der Waals surface area contributed by atoms with E-state index in [2.05, 4.69) is 6.07 Å². The van der Waals surface area contributed by atoms with E-state index in [1.54, 1.807) is 18.9 Å². The molecule has 0 atom stereocenters. The van der Waals surface area contributed by atoms with Gasteiger partial charge in [0.1, 0.15) is 18.1 Å². The van der Waals surface area contributed by atoms with E-state index in [1.165, 1.54) is 0 Å². The van der Waals surface area contributed by atoms with Crippen LogP contribution in [0.5, 0.6) is 11.5 Å². The van der Waals surface area contributed by atoms with Gasteiger partial charge in [0, 0.05) is 17.0 Å². The monoisotopic (exact) mass is 289 g/mol. The molecule has 0 aliphatic heterocycles. The van der Waals surface area contributed by atoms with Gasteiger partial charge in [-0.05, 0) is 30.0 Å². The van der Waals surface area contributed by atoms with E-state index in [0.717, 1.165) is 27.5 Å². The molecule has 2 N–H and O–H groups in total. The summed E-state index contributed by atoms with van der Waals surface area (Å²) < 4.78 is 11.2. The van der Waals surface area contributed by atoms with Gasteiger partial charge in [-0.3, -0.25) is 0 Å². The minimum Gasteiger partial charge on any atom is -0.496 e. The lowest BCUT2D eigenvalue weighted by molar-refractivity contribution is 0.298. The molecule has 0 heterocycles. The van der Waals surface area contributed by atoms with Gasteiger partial charge in [-0.2, -0.15) is 0 Å². The molecule has 0 saturated carbocycles. The van der Waals surface area contributed by atoms with Gasteiger partial charge in [0.05, 0.1) is 7.11 Å². The highest BCUT2D eigenvalue weighted by atomic mass is 32.2. The molecule has 3 nitrogen and oxygen atoms in total. The maximum atomic E-state index is 5.88. The first-order valence-corrected chi connectivity index (χ1v) is 7.62. The molecule has 0 bridgehead atoms. The van der Waals surface area contributed by atoms with Crippen molar-refractivity contribution in [3.8, 4) is 11.5 Å². The number of benzene rings is 2. The number of rotatable bonds is 6. The van der Waals surface area contributed by atoms with Crippen molar-refractivity contribution in [1.29, 1.82) is 0 Å². The van der Waals surface area contributed by atoms with E-state index in [0.29, 0.717) is 13.2 Å². The molecule has 106 valence electrons. The summed E-state index contributed by atoms with van der Waals surface area (Å²) in [6.45, 7) is 0.985. The number of ether oxygens (including phenoxy) is 2. The molecule has 20 heavy (non-hydrogen) atoms. The van der Waals surface area contributed by atoms with Gasteiger partial charge >= 0.3 is 0 Å². The molecule has 0 aromatic heterocycles. The summed E-state index contributed by atoms with van der Waals surface area (Å²) >= 11 is 1.68. The highest BCUT2D eigenvalue weighted by Crippen LogP contribution is 2.28. The summed E-state index contributed by atoms with van der Waals surface area (Å²) in [4.78, 5) is 1.14. The van der Waals surface area contributed by atoms with Gasteiger partial charge in [0.25, 0.3) is 0 Å². The second-order valence-electron chi connectivity index (χ2n) is 4.29. The Hall–Kier alpha value is -1.65. The van der Waals surface area contributed by atoms with E-state index in [4.69, 9.17) is 15.2 Å². The average molecular weight is 289 g/mol. The SMILES string of the molecule is COc1cc(COc2ccccc2SC)ccc1CN. The molecule has 0 fully saturated rings. The molecular weight excluding hydrogens is 270 g/mol. The number of hydrogen-bond acceptors (Lipinski definition) is 4. The second kappa shape index (κ2) is 7.22. The van der Waals surface area contributed by atoms with Crippen LogP contribution < -0.4 is 15.2 Å². The van der Waals surface area contributed by atoms with Crippen LogP contribution in [0.25, 0.3) is 0 Å². The van der Waals surface area contributed by atoms with Crippen LogP contribution in [0, 0.1) is 0 Å². The Morgan fingerprint density at radius 3 is 2.60 bits per heavy atom. The van der Waals surface area contributed by atoms with Crippen LogP contribution in [0.1, 0.15) is 11.1 Å². The molecule has 0 aliphatic rings. The number of methoxy groups -OCH3 is 1. The highest BCUT2D eigenvalue weighted by molar-refractivity contribution is 7.98. The van der Waals surface area contributed by atoms with E-state index in [1.807, 2.05) is 42.7 Å². The molecule has 0 radical (unpaired) electrons. The molecule has 0 amide bonds. The van der Waals surface area contributed by atoms with Gasteiger partial charge in [0.15, 0.2) is 0 Å². The first-order valence-electron chi connectivity index (χ1n) is 6.40. The normalized spacial score (nSPS) is 10.3. The van der Waals surface area contributed by atoms with Gasteiger partial charge in [-0.25, -0.2) is 0 Å². The quantitative estimate of drug-likeness (QED) is 0.827. The third-order valence-electron chi connectivity index (χ3n) is 3.03. The molecule has 0 saturated heterocycles. The summed E-state index contributed by atoms with van der Waals surface area (Å²) in [5, 5.41) is 0. The Morgan fingerprint density at radius 1 is 1.10 bits per heavy atom. The zero-order valence-corrected chi connectivity index (χ0v) is 12.6. The summed E-state index contributed by atoms with van der Waals surface area (Å²) in [7, 11) is 1.65. The molecule has 2 aromatic rings. The first kappa shape index (κ1) is 14.8. The second-order valence-corrected chi connectivity index (χ2v) is 5.14. The topological polar surface area (TPSA) is 44.5 Å². The van der Waals surface area contributed by atoms with Crippen molar-refractivity contribution in [2.75, 3.05) is 13.4 Å². The first-order chi connectivity index (χ1) is 9.78. The van der Waals surface area contributed by atoms with Gasteiger partial charge < -0.3 is 15.2 Å². The molecule has 2 rings (SSSR count). The minimum absolute atomic E-state index is 0.472. The van der Waals surface area contributed by atoms with Crippen molar-refractivity contribution in [2.24, 2.45) is 5.73 Å². The van der Waals surface area contributed by atoms with Crippen LogP contribution in [0.4, 0.5) is 0 Å².